The molecule has 0 spiro atoms. The largest absolute Gasteiger partial charge is 0.355 e. The molecule has 6 heteroatoms. The lowest BCUT2D eigenvalue weighted by molar-refractivity contribution is -0.125. The van der Waals surface area contributed by atoms with Gasteiger partial charge in [0.05, 0.1) is 0 Å². The number of rotatable bonds is 6. The first-order valence-electron chi connectivity index (χ1n) is 9.74. The number of nitrogens with one attached hydrogen (secondary N) is 1. The Morgan fingerprint density at radius 3 is 2.52 bits per heavy atom. The molecule has 0 atom stereocenters. The minimum atomic E-state index is 0.125. The van der Waals surface area contributed by atoms with Gasteiger partial charge in [-0.05, 0) is 38.8 Å². The molecule has 2 heterocycles. The molecule has 1 aromatic rings. The first-order valence-corrected chi connectivity index (χ1v) is 9.74. The van der Waals surface area contributed by atoms with Crippen LogP contribution in [0.3, 0.4) is 0 Å². The second kappa shape index (κ2) is 9.13. The SMILES string of the molecule is CN(CCNC(=O)C1CCN(c2ncccn2)CC1)C1CCCCC1. The third-order valence-electron chi connectivity index (χ3n) is 5.66. The molecule has 1 saturated heterocycles. The van der Waals surface area contributed by atoms with Crippen molar-refractivity contribution in [3.63, 3.8) is 0 Å². The molecule has 1 aliphatic carbocycles. The van der Waals surface area contributed by atoms with Crippen molar-refractivity contribution in [1.29, 1.82) is 0 Å². The van der Waals surface area contributed by atoms with Crippen molar-refractivity contribution in [2.45, 2.75) is 51.0 Å². The molecule has 1 aromatic heterocycles. The molecule has 138 valence electrons. The zero-order valence-electron chi connectivity index (χ0n) is 15.4. The fraction of sp³-hybridized carbons (Fsp3) is 0.737. The first kappa shape index (κ1) is 18.1. The van der Waals surface area contributed by atoms with Gasteiger partial charge in [0.1, 0.15) is 0 Å². The zero-order valence-corrected chi connectivity index (χ0v) is 15.4. The van der Waals surface area contributed by atoms with Gasteiger partial charge >= 0.3 is 0 Å². The van der Waals surface area contributed by atoms with Crippen LogP contribution in [0, 0.1) is 5.92 Å². The van der Waals surface area contributed by atoms with E-state index in [2.05, 4.69) is 32.1 Å². The van der Waals surface area contributed by atoms with Gasteiger partial charge in [-0.3, -0.25) is 4.79 Å². The van der Waals surface area contributed by atoms with Gasteiger partial charge in [0, 0.05) is 50.5 Å². The van der Waals surface area contributed by atoms with Gasteiger partial charge in [-0.1, -0.05) is 19.3 Å². The lowest BCUT2D eigenvalue weighted by atomic mass is 9.94. The summed E-state index contributed by atoms with van der Waals surface area (Å²) in [4.78, 5) is 25.6. The van der Waals surface area contributed by atoms with Crippen molar-refractivity contribution in [1.82, 2.24) is 20.2 Å². The van der Waals surface area contributed by atoms with E-state index in [0.717, 1.165) is 45.0 Å². The van der Waals surface area contributed by atoms with Crippen LogP contribution >= 0.6 is 0 Å². The van der Waals surface area contributed by atoms with Crippen LogP contribution in [0.2, 0.25) is 0 Å². The molecular weight excluding hydrogens is 314 g/mol. The van der Waals surface area contributed by atoms with Gasteiger partial charge in [0.25, 0.3) is 0 Å². The molecule has 1 amide bonds. The lowest BCUT2D eigenvalue weighted by Crippen LogP contribution is -2.44. The molecule has 2 fully saturated rings. The van der Waals surface area contributed by atoms with E-state index in [9.17, 15) is 4.79 Å². The van der Waals surface area contributed by atoms with Gasteiger partial charge in [0.15, 0.2) is 0 Å². The first-order chi connectivity index (χ1) is 12.2. The second-order valence-electron chi connectivity index (χ2n) is 7.37. The minimum Gasteiger partial charge on any atom is -0.355 e. The van der Waals surface area contributed by atoms with Gasteiger partial charge < -0.3 is 15.1 Å². The fourth-order valence-electron chi connectivity index (χ4n) is 4.00. The number of hydrogen-bond donors (Lipinski definition) is 1. The summed E-state index contributed by atoms with van der Waals surface area (Å²) in [6, 6.07) is 2.54. The molecule has 0 bridgehead atoms. The Bertz CT molecular complexity index is 524. The van der Waals surface area contributed by atoms with E-state index in [-0.39, 0.29) is 11.8 Å². The summed E-state index contributed by atoms with van der Waals surface area (Å²) in [6.45, 7) is 3.41. The van der Waals surface area contributed by atoms with Gasteiger partial charge in [-0.25, -0.2) is 9.97 Å². The Hall–Kier alpha value is -1.69. The Kier molecular flexibility index (Phi) is 6.62. The van der Waals surface area contributed by atoms with Gasteiger partial charge in [-0.2, -0.15) is 0 Å². The predicted molar refractivity (Wildman–Crippen MR) is 99.5 cm³/mol. The van der Waals surface area contributed by atoms with E-state index < -0.39 is 0 Å². The van der Waals surface area contributed by atoms with Crippen LogP contribution < -0.4 is 10.2 Å². The van der Waals surface area contributed by atoms with Crippen molar-refractivity contribution in [3.8, 4) is 0 Å². The van der Waals surface area contributed by atoms with E-state index in [1.807, 2.05) is 6.07 Å². The zero-order chi connectivity index (χ0) is 17.5. The molecule has 3 rings (SSSR count). The number of carbonyl (C=O) groups is 1. The number of carbonyl (C=O) groups excluding carboxylic acids is 1. The van der Waals surface area contributed by atoms with E-state index in [1.165, 1.54) is 32.1 Å². The van der Waals surface area contributed by atoms with E-state index in [4.69, 9.17) is 0 Å². The average molecular weight is 345 g/mol. The number of anilines is 1. The van der Waals surface area contributed by atoms with E-state index in [0.29, 0.717) is 6.04 Å². The summed E-state index contributed by atoms with van der Waals surface area (Å²) >= 11 is 0. The third kappa shape index (κ3) is 5.14. The maximum absolute atomic E-state index is 12.4. The highest BCUT2D eigenvalue weighted by molar-refractivity contribution is 5.78. The molecule has 6 nitrogen and oxygen atoms in total. The molecule has 0 radical (unpaired) electrons. The monoisotopic (exact) mass is 345 g/mol. The van der Waals surface area contributed by atoms with Crippen LogP contribution in [0.4, 0.5) is 5.95 Å². The van der Waals surface area contributed by atoms with Gasteiger partial charge in [0.2, 0.25) is 11.9 Å². The number of piperidine rings is 1. The normalized spacial score (nSPS) is 20.0. The van der Waals surface area contributed by atoms with Crippen LogP contribution in [0.15, 0.2) is 18.5 Å². The van der Waals surface area contributed by atoms with Gasteiger partial charge in [-0.15, -0.1) is 0 Å². The lowest BCUT2D eigenvalue weighted by Gasteiger charge is -2.32. The Labute approximate surface area is 151 Å². The maximum Gasteiger partial charge on any atom is 0.225 e. The summed E-state index contributed by atoms with van der Waals surface area (Å²) in [5.41, 5.74) is 0. The Balaban J connectivity index is 1.35. The second-order valence-corrected chi connectivity index (χ2v) is 7.37. The third-order valence-corrected chi connectivity index (χ3v) is 5.66. The number of nitrogens with zero attached hydrogens (tertiary/aromatic N) is 4. The summed E-state index contributed by atoms with van der Waals surface area (Å²) in [6.07, 6.45) is 12.0. The van der Waals surface area contributed by atoms with Crippen LogP contribution in [0.25, 0.3) is 0 Å². The topological polar surface area (TPSA) is 61.4 Å². The minimum absolute atomic E-state index is 0.125. The Morgan fingerprint density at radius 1 is 1.16 bits per heavy atom. The highest BCUT2D eigenvalue weighted by Crippen LogP contribution is 2.22. The molecule has 25 heavy (non-hydrogen) atoms. The molecular formula is C19H31N5O. The highest BCUT2D eigenvalue weighted by Gasteiger charge is 2.26. The van der Waals surface area contributed by atoms with Crippen molar-refractivity contribution in [2.24, 2.45) is 5.92 Å². The summed E-state index contributed by atoms with van der Waals surface area (Å²) in [7, 11) is 2.19. The summed E-state index contributed by atoms with van der Waals surface area (Å²) in [5.74, 6) is 1.11. The fourth-order valence-corrected chi connectivity index (χ4v) is 4.00. The summed E-state index contributed by atoms with van der Waals surface area (Å²) in [5, 5.41) is 3.15. The number of likely N-dealkylation sites (N-methyl/N-ethyl adjacent to an activating group) is 1. The Morgan fingerprint density at radius 2 is 1.84 bits per heavy atom. The molecule has 1 saturated carbocycles. The maximum atomic E-state index is 12.4. The van der Waals surface area contributed by atoms with Crippen LogP contribution in [-0.2, 0) is 4.79 Å². The van der Waals surface area contributed by atoms with Crippen LogP contribution in [0.5, 0.6) is 0 Å². The molecule has 0 aromatic carbocycles. The standard InChI is InChI=1S/C19H31N5O/c1-23(17-6-3-2-4-7-17)15-12-20-18(25)16-8-13-24(14-9-16)19-21-10-5-11-22-19/h5,10-11,16-17H,2-4,6-9,12-15H2,1H3,(H,20,25). The van der Waals surface area contributed by atoms with Crippen molar-refractivity contribution in [2.75, 3.05) is 38.1 Å². The molecule has 0 unspecified atom stereocenters. The molecule has 2 aliphatic rings. The smallest absolute Gasteiger partial charge is 0.225 e. The summed E-state index contributed by atoms with van der Waals surface area (Å²) < 4.78 is 0. The quantitative estimate of drug-likeness (QED) is 0.855. The molecule has 1 N–H and O–H groups in total. The van der Waals surface area contributed by atoms with Crippen molar-refractivity contribution in [3.05, 3.63) is 18.5 Å². The number of hydrogen-bond acceptors (Lipinski definition) is 5. The van der Waals surface area contributed by atoms with Crippen LogP contribution in [-0.4, -0.2) is 60.0 Å². The highest BCUT2D eigenvalue weighted by atomic mass is 16.1. The number of aromatic nitrogens is 2. The van der Waals surface area contributed by atoms with E-state index in [1.54, 1.807) is 12.4 Å². The van der Waals surface area contributed by atoms with Crippen molar-refractivity contribution >= 4 is 11.9 Å². The predicted octanol–water partition coefficient (Wildman–Crippen LogP) is 2.07. The number of amides is 1. The van der Waals surface area contributed by atoms with E-state index >= 15 is 0 Å². The van der Waals surface area contributed by atoms with Crippen molar-refractivity contribution < 1.29 is 4.79 Å². The average Bonchev–Trinajstić information content (AvgIpc) is 2.69. The molecule has 1 aliphatic heterocycles. The van der Waals surface area contributed by atoms with Crippen LogP contribution in [0.1, 0.15) is 44.9 Å².